The molecule has 6 rings (SSSR count). The molecule has 1 fully saturated rings. The predicted molar refractivity (Wildman–Crippen MR) is 151 cm³/mol. The number of aromatic nitrogens is 4. The van der Waals surface area contributed by atoms with Gasteiger partial charge in [-0.3, -0.25) is 9.78 Å². The molecule has 0 atom stereocenters. The number of hydrogen-bond acceptors (Lipinski definition) is 7. The molecule has 1 saturated heterocycles. The fourth-order valence-electron chi connectivity index (χ4n) is 4.88. The van der Waals surface area contributed by atoms with E-state index in [0.29, 0.717) is 53.9 Å². The van der Waals surface area contributed by atoms with Crippen LogP contribution >= 0.6 is 11.6 Å². The van der Waals surface area contributed by atoms with Gasteiger partial charge >= 0.3 is 0 Å². The summed E-state index contributed by atoms with van der Waals surface area (Å²) in [6, 6.07) is 19.2. The topological polar surface area (TPSA) is 88.3 Å². The number of pyridine rings is 1. The molecule has 0 aliphatic carbocycles. The number of benzene rings is 2. The zero-order valence-corrected chi connectivity index (χ0v) is 22.3. The number of fused-ring (bicyclic) bond motifs is 1. The number of halogens is 1. The summed E-state index contributed by atoms with van der Waals surface area (Å²) in [7, 11) is 0. The molecule has 1 amide bonds. The Morgan fingerprint density at radius 2 is 1.79 bits per heavy atom. The summed E-state index contributed by atoms with van der Waals surface area (Å²) >= 11 is 6.02. The first kappa shape index (κ1) is 25.0. The normalized spacial score (nSPS) is 14.0. The number of carbonyl (C=O) groups excluding carboxylic acids is 1. The fourth-order valence-corrected chi connectivity index (χ4v) is 5.01. The highest BCUT2D eigenvalue weighted by Gasteiger charge is 2.26. The van der Waals surface area contributed by atoms with E-state index in [1.54, 1.807) is 36.7 Å². The molecule has 0 saturated carbocycles. The minimum Gasteiger partial charge on any atom is -0.354 e. The summed E-state index contributed by atoms with van der Waals surface area (Å²) in [4.78, 5) is 31.4. The molecular weight excluding hydrogens is 512 g/mol. The van der Waals surface area contributed by atoms with Gasteiger partial charge in [0, 0.05) is 61.1 Å². The Morgan fingerprint density at radius 3 is 2.56 bits per heavy atom. The van der Waals surface area contributed by atoms with E-state index >= 15 is 0 Å². The molecule has 1 aliphatic rings. The van der Waals surface area contributed by atoms with Crippen LogP contribution in [0.5, 0.6) is 0 Å². The molecule has 0 N–H and O–H groups in total. The van der Waals surface area contributed by atoms with E-state index < -0.39 is 0 Å². The standard InChI is InChI=1S/C30H27ClN6O2/c1-20-5-7-21(8-6-20)18-25-33-28(26-27(35-39-29(26)34-25)23-4-2-13-32-19-23)36-14-3-15-37(17-16-36)30(38)22-9-11-24(31)12-10-22/h2,4-13,19H,3,14-18H2,1H3. The molecule has 0 unspecified atom stereocenters. The lowest BCUT2D eigenvalue weighted by Gasteiger charge is -2.24. The summed E-state index contributed by atoms with van der Waals surface area (Å²) in [5, 5.41) is 5.74. The molecule has 3 aromatic heterocycles. The Kier molecular flexibility index (Phi) is 6.94. The summed E-state index contributed by atoms with van der Waals surface area (Å²) < 4.78 is 5.76. The average molecular weight is 539 g/mol. The number of aryl methyl sites for hydroxylation is 1. The van der Waals surface area contributed by atoms with Gasteiger partial charge in [0.15, 0.2) is 0 Å². The summed E-state index contributed by atoms with van der Waals surface area (Å²) in [6.45, 7) is 4.64. The molecule has 39 heavy (non-hydrogen) atoms. The second-order valence-corrected chi connectivity index (χ2v) is 10.2. The summed E-state index contributed by atoms with van der Waals surface area (Å²) in [5.74, 6) is 1.43. The smallest absolute Gasteiger partial charge is 0.263 e. The second kappa shape index (κ2) is 10.8. The van der Waals surface area contributed by atoms with Gasteiger partial charge in [0.2, 0.25) is 0 Å². The van der Waals surface area contributed by atoms with E-state index in [9.17, 15) is 4.79 Å². The van der Waals surface area contributed by atoms with Crippen LogP contribution in [0.15, 0.2) is 77.6 Å². The van der Waals surface area contributed by atoms with Gasteiger partial charge in [-0.1, -0.05) is 46.6 Å². The van der Waals surface area contributed by atoms with Gasteiger partial charge in [-0.15, -0.1) is 0 Å². The van der Waals surface area contributed by atoms with E-state index in [-0.39, 0.29) is 5.91 Å². The lowest BCUT2D eigenvalue weighted by atomic mass is 10.1. The van der Waals surface area contributed by atoms with E-state index in [1.165, 1.54) is 5.56 Å². The Bertz CT molecular complexity index is 1600. The van der Waals surface area contributed by atoms with Crippen LogP contribution < -0.4 is 4.90 Å². The number of rotatable bonds is 5. The van der Waals surface area contributed by atoms with Crippen LogP contribution in [0.1, 0.15) is 33.7 Å². The Labute approximate surface area is 231 Å². The molecule has 9 heteroatoms. The zero-order valence-electron chi connectivity index (χ0n) is 21.5. The van der Waals surface area contributed by atoms with Crippen LogP contribution in [0.3, 0.4) is 0 Å². The van der Waals surface area contributed by atoms with Gasteiger partial charge < -0.3 is 14.3 Å². The van der Waals surface area contributed by atoms with Gasteiger partial charge in [-0.05, 0) is 55.3 Å². The molecule has 4 heterocycles. The Hall–Kier alpha value is -4.30. The van der Waals surface area contributed by atoms with Gasteiger partial charge in [0.1, 0.15) is 22.7 Å². The largest absolute Gasteiger partial charge is 0.354 e. The van der Waals surface area contributed by atoms with Crippen molar-refractivity contribution in [1.29, 1.82) is 0 Å². The van der Waals surface area contributed by atoms with Crippen molar-refractivity contribution in [2.45, 2.75) is 19.8 Å². The van der Waals surface area contributed by atoms with Crippen molar-refractivity contribution in [3.63, 3.8) is 0 Å². The fraction of sp³-hybridized carbons (Fsp3) is 0.233. The SMILES string of the molecule is Cc1ccc(Cc2nc(N3CCCN(C(=O)c4ccc(Cl)cc4)CC3)c3c(-c4cccnc4)noc3n2)cc1. The van der Waals surface area contributed by atoms with Crippen LogP contribution in [0.25, 0.3) is 22.4 Å². The van der Waals surface area contributed by atoms with Crippen molar-refractivity contribution in [1.82, 2.24) is 25.0 Å². The van der Waals surface area contributed by atoms with E-state index in [4.69, 9.17) is 26.1 Å². The number of amides is 1. The van der Waals surface area contributed by atoms with Crippen LogP contribution in [-0.2, 0) is 6.42 Å². The van der Waals surface area contributed by atoms with Crippen LogP contribution in [-0.4, -0.2) is 57.1 Å². The molecule has 8 nitrogen and oxygen atoms in total. The maximum Gasteiger partial charge on any atom is 0.263 e. The van der Waals surface area contributed by atoms with Crippen LogP contribution in [0.2, 0.25) is 5.02 Å². The summed E-state index contributed by atoms with van der Waals surface area (Å²) in [6.07, 6.45) is 4.85. The highest BCUT2D eigenvalue weighted by Crippen LogP contribution is 2.34. The summed E-state index contributed by atoms with van der Waals surface area (Å²) in [5.41, 5.74) is 4.90. The highest BCUT2D eigenvalue weighted by molar-refractivity contribution is 6.30. The third-order valence-electron chi connectivity index (χ3n) is 6.95. The maximum atomic E-state index is 13.2. The monoisotopic (exact) mass is 538 g/mol. The highest BCUT2D eigenvalue weighted by atomic mass is 35.5. The minimum atomic E-state index is 0.00226. The third-order valence-corrected chi connectivity index (χ3v) is 7.21. The number of nitrogens with zero attached hydrogens (tertiary/aromatic N) is 6. The third kappa shape index (κ3) is 5.33. The average Bonchev–Trinajstić information content (AvgIpc) is 3.23. The lowest BCUT2D eigenvalue weighted by Crippen LogP contribution is -2.35. The molecule has 196 valence electrons. The van der Waals surface area contributed by atoms with E-state index in [2.05, 4.69) is 46.2 Å². The molecule has 0 radical (unpaired) electrons. The Morgan fingerprint density at radius 1 is 0.974 bits per heavy atom. The number of hydrogen-bond donors (Lipinski definition) is 0. The predicted octanol–water partition coefficient (Wildman–Crippen LogP) is 5.58. The van der Waals surface area contributed by atoms with Crippen LogP contribution in [0, 0.1) is 6.92 Å². The van der Waals surface area contributed by atoms with E-state index in [1.807, 2.05) is 17.0 Å². The van der Waals surface area contributed by atoms with Crippen molar-refractivity contribution in [2.75, 3.05) is 31.1 Å². The molecule has 5 aromatic rings. The van der Waals surface area contributed by atoms with E-state index in [0.717, 1.165) is 35.3 Å². The van der Waals surface area contributed by atoms with Gasteiger partial charge in [0.25, 0.3) is 11.6 Å². The first-order valence-corrected chi connectivity index (χ1v) is 13.3. The minimum absolute atomic E-state index is 0.00226. The lowest BCUT2D eigenvalue weighted by molar-refractivity contribution is 0.0767. The molecule has 0 spiro atoms. The van der Waals surface area contributed by atoms with Gasteiger partial charge in [-0.2, -0.15) is 4.98 Å². The number of carbonyl (C=O) groups is 1. The molecule has 2 aromatic carbocycles. The second-order valence-electron chi connectivity index (χ2n) is 9.72. The molecule has 0 bridgehead atoms. The first-order chi connectivity index (χ1) is 19.0. The molecular formula is C30H27ClN6O2. The van der Waals surface area contributed by atoms with Crippen LogP contribution in [0.4, 0.5) is 5.82 Å². The quantitative estimate of drug-likeness (QED) is 0.288. The van der Waals surface area contributed by atoms with Crippen molar-refractivity contribution < 1.29 is 9.32 Å². The maximum absolute atomic E-state index is 13.2. The Balaban J connectivity index is 1.35. The zero-order chi connectivity index (χ0) is 26.8. The van der Waals surface area contributed by atoms with Crippen molar-refractivity contribution in [3.8, 4) is 11.3 Å². The number of anilines is 1. The first-order valence-electron chi connectivity index (χ1n) is 13.0. The van der Waals surface area contributed by atoms with Crippen molar-refractivity contribution in [2.24, 2.45) is 0 Å². The van der Waals surface area contributed by atoms with Crippen molar-refractivity contribution in [3.05, 3.63) is 101 Å². The van der Waals surface area contributed by atoms with Crippen molar-refractivity contribution >= 4 is 34.4 Å². The molecule has 1 aliphatic heterocycles. The van der Waals surface area contributed by atoms with Gasteiger partial charge in [-0.25, -0.2) is 4.98 Å². The van der Waals surface area contributed by atoms with Gasteiger partial charge in [0.05, 0.1) is 0 Å².